The normalized spacial score (nSPS) is 13.6. The number of carbonyl (C=O) groups excluding carboxylic acids is 1. The van der Waals surface area contributed by atoms with Gasteiger partial charge in [0, 0.05) is 29.3 Å². The highest BCUT2D eigenvalue weighted by molar-refractivity contribution is 7.15. The van der Waals surface area contributed by atoms with Gasteiger partial charge in [0.05, 0.1) is 16.8 Å². The Morgan fingerprint density at radius 1 is 1.18 bits per heavy atom. The number of para-hydroxylation sites is 1. The molecule has 3 aromatic heterocycles. The summed E-state index contributed by atoms with van der Waals surface area (Å²) in [6, 6.07) is 11.5. The smallest absolute Gasteiger partial charge is 0.258 e. The molecule has 4 aromatic rings. The molecule has 1 N–H and O–H groups in total. The number of anilines is 1. The maximum Gasteiger partial charge on any atom is 0.258 e. The molecule has 0 bridgehead atoms. The molecule has 7 heteroatoms. The van der Waals surface area contributed by atoms with Crippen LogP contribution < -0.4 is 5.32 Å². The molecule has 1 fully saturated rings. The van der Waals surface area contributed by atoms with Crippen LogP contribution in [0, 0.1) is 6.92 Å². The number of pyridine rings is 2. The minimum atomic E-state index is -0.207. The molecule has 3 heterocycles. The van der Waals surface area contributed by atoms with Gasteiger partial charge in [0.15, 0.2) is 0 Å². The van der Waals surface area contributed by atoms with E-state index in [0.29, 0.717) is 16.6 Å². The van der Waals surface area contributed by atoms with Gasteiger partial charge in [0.25, 0.3) is 5.91 Å². The first-order chi connectivity index (χ1) is 13.7. The van der Waals surface area contributed by atoms with Crippen LogP contribution in [0.15, 0.2) is 48.8 Å². The molecule has 1 aromatic carbocycles. The predicted molar refractivity (Wildman–Crippen MR) is 110 cm³/mol. The van der Waals surface area contributed by atoms with Crippen molar-refractivity contribution >= 4 is 33.3 Å². The number of aryl methyl sites for hydroxylation is 1. The Kier molecular flexibility index (Phi) is 4.09. The number of nitrogens with zero attached hydrogens (tertiary/aromatic N) is 4. The van der Waals surface area contributed by atoms with Crippen molar-refractivity contribution in [3.8, 4) is 11.3 Å². The first-order valence-corrected chi connectivity index (χ1v) is 9.96. The number of nitrogens with one attached hydrogen (secondary N) is 1. The zero-order valence-electron chi connectivity index (χ0n) is 15.2. The van der Waals surface area contributed by atoms with Gasteiger partial charge in [0.2, 0.25) is 5.13 Å². The quantitative estimate of drug-likeness (QED) is 0.554. The summed E-state index contributed by atoms with van der Waals surface area (Å²) < 4.78 is 0. The van der Waals surface area contributed by atoms with Gasteiger partial charge in [-0.2, -0.15) is 0 Å². The lowest BCUT2D eigenvalue weighted by atomic mass is 10.0. The van der Waals surface area contributed by atoms with E-state index in [-0.39, 0.29) is 5.91 Å². The Hall–Kier alpha value is -3.19. The number of hydrogen-bond acceptors (Lipinski definition) is 6. The van der Waals surface area contributed by atoms with E-state index in [1.807, 2.05) is 43.3 Å². The summed E-state index contributed by atoms with van der Waals surface area (Å²) in [6.07, 6.45) is 5.79. The third-order valence-corrected chi connectivity index (χ3v) is 5.83. The van der Waals surface area contributed by atoms with Crippen molar-refractivity contribution in [3.63, 3.8) is 0 Å². The molecule has 28 heavy (non-hydrogen) atoms. The molecule has 0 radical (unpaired) electrons. The van der Waals surface area contributed by atoms with E-state index >= 15 is 0 Å². The molecule has 1 amide bonds. The molecule has 0 aliphatic heterocycles. The molecule has 6 nitrogen and oxygen atoms in total. The standard InChI is InChI=1S/C21H17N5OS/c1-12-4-2-6-15-16(10-17(23-18(12)15)14-5-3-9-22-11-14)19(27)24-21-26-25-20(28-21)13-7-8-13/h2-6,9-11,13H,7-8H2,1H3,(H,24,26,27). The molecular weight excluding hydrogens is 370 g/mol. The number of rotatable bonds is 4. The van der Waals surface area contributed by atoms with Crippen molar-refractivity contribution in [1.82, 2.24) is 20.2 Å². The highest BCUT2D eigenvalue weighted by Crippen LogP contribution is 2.42. The number of carbonyl (C=O) groups is 1. The van der Waals surface area contributed by atoms with Crippen molar-refractivity contribution in [1.29, 1.82) is 0 Å². The van der Waals surface area contributed by atoms with E-state index in [9.17, 15) is 4.79 Å². The molecule has 1 aliphatic carbocycles. The zero-order valence-corrected chi connectivity index (χ0v) is 16.0. The average Bonchev–Trinajstić information content (AvgIpc) is 3.47. The van der Waals surface area contributed by atoms with Crippen LogP contribution in [0.4, 0.5) is 5.13 Å². The molecule has 1 aliphatic rings. The summed E-state index contributed by atoms with van der Waals surface area (Å²) in [5.41, 5.74) is 3.98. The van der Waals surface area contributed by atoms with Crippen LogP contribution in [0.5, 0.6) is 0 Å². The summed E-state index contributed by atoms with van der Waals surface area (Å²) in [7, 11) is 0. The number of benzene rings is 1. The number of aromatic nitrogens is 4. The number of hydrogen-bond donors (Lipinski definition) is 1. The van der Waals surface area contributed by atoms with Gasteiger partial charge < -0.3 is 0 Å². The van der Waals surface area contributed by atoms with Gasteiger partial charge >= 0.3 is 0 Å². The Morgan fingerprint density at radius 2 is 2.07 bits per heavy atom. The predicted octanol–water partition coefficient (Wildman–Crippen LogP) is 4.59. The number of fused-ring (bicyclic) bond motifs is 1. The molecule has 0 spiro atoms. The molecule has 0 unspecified atom stereocenters. The van der Waals surface area contributed by atoms with Gasteiger partial charge in [-0.25, -0.2) is 4.98 Å². The van der Waals surface area contributed by atoms with Crippen molar-refractivity contribution in [3.05, 3.63) is 64.9 Å². The lowest BCUT2D eigenvalue weighted by Gasteiger charge is -2.11. The van der Waals surface area contributed by atoms with Crippen molar-refractivity contribution in [2.45, 2.75) is 25.7 Å². The van der Waals surface area contributed by atoms with Crippen molar-refractivity contribution in [2.75, 3.05) is 5.32 Å². The molecular formula is C21H17N5OS. The summed E-state index contributed by atoms with van der Waals surface area (Å²) in [5.74, 6) is 0.311. The fourth-order valence-electron chi connectivity index (χ4n) is 3.19. The fraction of sp³-hybridized carbons (Fsp3) is 0.190. The van der Waals surface area contributed by atoms with Crippen LogP contribution in [0.1, 0.15) is 39.7 Å². The van der Waals surface area contributed by atoms with Crippen LogP contribution in [-0.2, 0) is 0 Å². The second-order valence-electron chi connectivity index (χ2n) is 6.94. The van der Waals surface area contributed by atoms with E-state index < -0.39 is 0 Å². The monoisotopic (exact) mass is 387 g/mol. The molecule has 0 atom stereocenters. The van der Waals surface area contributed by atoms with Crippen LogP contribution in [0.3, 0.4) is 0 Å². The van der Waals surface area contributed by atoms with E-state index in [0.717, 1.165) is 45.6 Å². The topological polar surface area (TPSA) is 80.7 Å². The van der Waals surface area contributed by atoms with Gasteiger partial charge in [-0.05, 0) is 43.5 Å². The zero-order chi connectivity index (χ0) is 19.1. The maximum absolute atomic E-state index is 13.1. The first kappa shape index (κ1) is 16.9. The van der Waals surface area contributed by atoms with Gasteiger partial charge in [-0.1, -0.05) is 29.5 Å². The van der Waals surface area contributed by atoms with Crippen molar-refractivity contribution in [2.24, 2.45) is 0 Å². The SMILES string of the molecule is Cc1cccc2c(C(=O)Nc3nnc(C4CC4)s3)cc(-c3cccnc3)nc12. The van der Waals surface area contributed by atoms with Crippen LogP contribution in [0.2, 0.25) is 0 Å². The molecule has 5 rings (SSSR count). The first-order valence-electron chi connectivity index (χ1n) is 9.14. The van der Waals surface area contributed by atoms with E-state index in [1.165, 1.54) is 11.3 Å². The lowest BCUT2D eigenvalue weighted by molar-refractivity contribution is 0.102. The summed E-state index contributed by atoms with van der Waals surface area (Å²) in [6.45, 7) is 2.00. The van der Waals surface area contributed by atoms with Gasteiger partial charge in [0.1, 0.15) is 5.01 Å². The second kappa shape index (κ2) is 6.76. The van der Waals surface area contributed by atoms with Crippen molar-refractivity contribution < 1.29 is 4.79 Å². The Morgan fingerprint density at radius 3 is 2.86 bits per heavy atom. The number of amides is 1. The third-order valence-electron chi connectivity index (χ3n) is 4.83. The van der Waals surface area contributed by atoms with Crippen LogP contribution in [0.25, 0.3) is 22.2 Å². The minimum Gasteiger partial charge on any atom is -0.296 e. The largest absolute Gasteiger partial charge is 0.296 e. The van der Waals surface area contributed by atoms with E-state index in [4.69, 9.17) is 4.98 Å². The summed E-state index contributed by atoms with van der Waals surface area (Å²) in [5, 5.41) is 13.6. The highest BCUT2D eigenvalue weighted by atomic mass is 32.1. The van der Waals surface area contributed by atoms with Gasteiger partial charge in [-0.15, -0.1) is 10.2 Å². The van der Waals surface area contributed by atoms with Gasteiger partial charge in [-0.3, -0.25) is 15.1 Å². The Bertz CT molecular complexity index is 1180. The van der Waals surface area contributed by atoms with E-state index in [1.54, 1.807) is 12.4 Å². The average molecular weight is 387 g/mol. The molecule has 0 saturated heterocycles. The Labute approximate surface area is 165 Å². The lowest BCUT2D eigenvalue weighted by Crippen LogP contribution is -2.13. The fourth-order valence-corrected chi connectivity index (χ4v) is 4.09. The van der Waals surface area contributed by atoms with Crippen LogP contribution in [-0.4, -0.2) is 26.1 Å². The maximum atomic E-state index is 13.1. The summed E-state index contributed by atoms with van der Waals surface area (Å²) in [4.78, 5) is 22.1. The second-order valence-corrected chi connectivity index (χ2v) is 7.95. The molecule has 138 valence electrons. The summed E-state index contributed by atoms with van der Waals surface area (Å²) >= 11 is 1.46. The highest BCUT2D eigenvalue weighted by Gasteiger charge is 2.28. The van der Waals surface area contributed by atoms with Crippen LogP contribution >= 0.6 is 11.3 Å². The molecule has 1 saturated carbocycles. The minimum absolute atomic E-state index is 0.207. The third kappa shape index (κ3) is 3.14. The van der Waals surface area contributed by atoms with E-state index in [2.05, 4.69) is 20.5 Å². The Balaban J connectivity index is 1.58.